The summed E-state index contributed by atoms with van der Waals surface area (Å²) in [6, 6.07) is 8.81. The molecule has 2 saturated heterocycles. The normalized spacial score (nSPS) is 27.9. The predicted molar refractivity (Wildman–Crippen MR) is 74.6 cm³/mol. The number of para-hydroxylation sites is 1. The SMILES string of the molecule is COC1C(=O)N2C(C(=O)COc3ccccc3)CSC12. The lowest BCUT2D eigenvalue weighted by molar-refractivity contribution is -0.166. The van der Waals surface area contributed by atoms with Crippen molar-refractivity contribution in [2.45, 2.75) is 17.5 Å². The molecule has 20 heavy (non-hydrogen) atoms. The average Bonchev–Trinajstić information content (AvgIpc) is 2.86. The van der Waals surface area contributed by atoms with Crippen molar-refractivity contribution in [3.05, 3.63) is 30.3 Å². The van der Waals surface area contributed by atoms with Gasteiger partial charge in [0.05, 0.1) is 0 Å². The number of nitrogens with zero attached hydrogens (tertiary/aromatic N) is 1. The van der Waals surface area contributed by atoms with E-state index < -0.39 is 6.10 Å². The number of hydrogen-bond acceptors (Lipinski definition) is 5. The van der Waals surface area contributed by atoms with Gasteiger partial charge in [0.15, 0.2) is 11.9 Å². The molecular formula is C14H15NO4S. The van der Waals surface area contributed by atoms with Crippen LogP contribution in [0.25, 0.3) is 0 Å². The Hall–Kier alpha value is -1.53. The quantitative estimate of drug-likeness (QED) is 0.756. The van der Waals surface area contributed by atoms with Gasteiger partial charge in [-0.1, -0.05) is 18.2 Å². The predicted octanol–water partition coefficient (Wildman–Crippen LogP) is 0.933. The number of thioether (sulfide) groups is 1. The highest BCUT2D eigenvalue weighted by Gasteiger charge is 2.56. The number of carbonyl (C=O) groups is 2. The van der Waals surface area contributed by atoms with Crippen molar-refractivity contribution in [3.8, 4) is 5.75 Å². The highest BCUT2D eigenvalue weighted by Crippen LogP contribution is 2.41. The molecule has 0 radical (unpaired) electrons. The second-order valence-corrected chi connectivity index (χ2v) is 5.86. The molecule has 3 rings (SSSR count). The van der Waals surface area contributed by atoms with Crippen LogP contribution >= 0.6 is 11.8 Å². The number of β-lactam (4-membered cyclic amide) rings is 1. The van der Waals surface area contributed by atoms with E-state index in [9.17, 15) is 9.59 Å². The van der Waals surface area contributed by atoms with Gasteiger partial charge in [-0.15, -0.1) is 11.8 Å². The van der Waals surface area contributed by atoms with Crippen LogP contribution in [0.2, 0.25) is 0 Å². The van der Waals surface area contributed by atoms with Crippen LogP contribution in [-0.4, -0.2) is 53.6 Å². The van der Waals surface area contributed by atoms with Gasteiger partial charge < -0.3 is 14.4 Å². The van der Waals surface area contributed by atoms with Crippen LogP contribution in [0.5, 0.6) is 5.75 Å². The number of carbonyl (C=O) groups excluding carboxylic acids is 2. The zero-order valence-electron chi connectivity index (χ0n) is 11.0. The molecule has 2 heterocycles. The zero-order chi connectivity index (χ0) is 14.1. The number of amides is 1. The average molecular weight is 293 g/mol. The van der Waals surface area contributed by atoms with E-state index in [4.69, 9.17) is 9.47 Å². The van der Waals surface area contributed by atoms with E-state index in [1.165, 1.54) is 7.11 Å². The Morgan fingerprint density at radius 3 is 2.85 bits per heavy atom. The third kappa shape index (κ3) is 2.19. The van der Waals surface area contributed by atoms with Gasteiger partial charge >= 0.3 is 0 Å². The maximum Gasteiger partial charge on any atom is 0.256 e. The molecule has 106 valence electrons. The van der Waals surface area contributed by atoms with Crippen molar-refractivity contribution in [1.82, 2.24) is 4.90 Å². The Kier molecular flexibility index (Phi) is 3.67. The highest BCUT2D eigenvalue weighted by molar-refractivity contribution is 8.00. The van der Waals surface area contributed by atoms with E-state index in [2.05, 4.69) is 0 Å². The summed E-state index contributed by atoms with van der Waals surface area (Å²) in [5, 5.41) is -0.0156. The number of fused-ring (bicyclic) bond motifs is 1. The second kappa shape index (κ2) is 5.46. The summed E-state index contributed by atoms with van der Waals surface area (Å²) in [5.41, 5.74) is 0. The number of ether oxygens (including phenoxy) is 2. The number of methoxy groups -OCH3 is 1. The molecule has 0 aliphatic carbocycles. The third-order valence-electron chi connectivity index (χ3n) is 3.54. The monoisotopic (exact) mass is 293 g/mol. The van der Waals surface area contributed by atoms with Crippen molar-refractivity contribution in [3.63, 3.8) is 0 Å². The Balaban J connectivity index is 1.58. The molecule has 5 nitrogen and oxygen atoms in total. The van der Waals surface area contributed by atoms with Crippen LogP contribution in [0.3, 0.4) is 0 Å². The van der Waals surface area contributed by atoms with Crippen LogP contribution < -0.4 is 4.74 Å². The van der Waals surface area contributed by atoms with Gasteiger partial charge in [0, 0.05) is 12.9 Å². The number of ketones is 1. The molecule has 3 atom stereocenters. The summed E-state index contributed by atoms with van der Waals surface area (Å²) in [6.45, 7) is -0.0105. The van der Waals surface area contributed by atoms with Crippen LogP contribution in [-0.2, 0) is 14.3 Å². The lowest BCUT2D eigenvalue weighted by Crippen LogP contribution is -2.65. The van der Waals surface area contributed by atoms with E-state index in [1.54, 1.807) is 28.8 Å². The molecule has 0 saturated carbocycles. The Morgan fingerprint density at radius 1 is 1.40 bits per heavy atom. The summed E-state index contributed by atoms with van der Waals surface area (Å²) in [7, 11) is 1.52. The van der Waals surface area contributed by atoms with Crippen LogP contribution in [0.4, 0.5) is 0 Å². The van der Waals surface area contributed by atoms with Crippen LogP contribution in [0, 0.1) is 0 Å². The summed E-state index contributed by atoms with van der Waals surface area (Å²) in [5.74, 6) is 1.12. The summed E-state index contributed by atoms with van der Waals surface area (Å²) < 4.78 is 10.6. The first-order chi connectivity index (χ1) is 9.72. The summed E-state index contributed by atoms with van der Waals surface area (Å²) in [4.78, 5) is 25.7. The Labute approximate surface area is 121 Å². The molecular weight excluding hydrogens is 278 g/mol. The highest BCUT2D eigenvalue weighted by atomic mass is 32.2. The van der Waals surface area contributed by atoms with Crippen molar-refractivity contribution in [2.75, 3.05) is 19.5 Å². The van der Waals surface area contributed by atoms with Crippen molar-refractivity contribution < 1.29 is 19.1 Å². The number of benzene rings is 1. The van der Waals surface area contributed by atoms with Crippen molar-refractivity contribution in [1.29, 1.82) is 0 Å². The minimum atomic E-state index is -0.396. The molecule has 1 aromatic carbocycles. The molecule has 6 heteroatoms. The molecule has 0 N–H and O–H groups in total. The van der Waals surface area contributed by atoms with Gasteiger partial charge in [0.2, 0.25) is 0 Å². The Bertz CT molecular complexity index is 521. The fraction of sp³-hybridized carbons (Fsp3) is 0.429. The molecule has 2 fully saturated rings. The van der Waals surface area contributed by atoms with E-state index >= 15 is 0 Å². The van der Waals surface area contributed by atoms with Crippen LogP contribution in [0.1, 0.15) is 0 Å². The number of rotatable bonds is 5. The van der Waals surface area contributed by atoms with E-state index in [0.717, 1.165) is 0 Å². The van der Waals surface area contributed by atoms with E-state index in [-0.39, 0.29) is 29.7 Å². The first-order valence-corrected chi connectivity index (χ1v) is 7.44. The molecule has 0 aromatic heterocycles. The van der Waals surface area contributed by atoms with Gasteiger partial charge in [0.1, 0.15) is 23.8 Å². The largest absolute Gasteiger partial charge is 0.486 e. The lowest BCUT2D eigenvalue weighted by atomic mass is 10.0. The molecule has 1 aromatic rings. The minimum absolute atomic E-state index is 0.0105. The van der Waals surface area contributed by atoms with Gasteiger partial charge in [0.25, 0.3) is 5.91 Å². The molecule has 3 unspecified atom stereocenters. The number of Topliss-reactive ketones (excluding diaryl/α,β-unsaturated/α-hetero) is 1. The smallest absolute Gasteiger partial charge is 0.256 e. The maximum absolute atomic E-state index is 12.2. The van der Waals surface area contributed by atoms with Crippen molar-refractivity contribution in [2.24, 2.45) is 0 Å². The summed E-state index contributed by atoms with van der Waals surface area (Å²) >= 11 is 1.59. The minimum Gasteiger partial charge on any atom is -0.486 e. The van der Waals surface area contributed by atoms with Gasteiger partial charge in [-0.2, -0.15) is 0 Å². The lowest BCUT2D eigenvalue weighted by Gasteiger charge is -2.42. The topological polar surface area (TPSA) is 55.8 Å². The van der Waals surface area contributed by atoms with E-state index in [1.807, 2.05) is 18.2 Å². The van der Waals surface area contributed by atoms with Gasteiger partial charge in [-0.3, -0.25) is 9.59 Å². The van der Waals surface area contributed by atoms with Gasteiger partial charge in [-0.05, 0) is 12.1 Å². The zero-order valence-corrected chi connectivity index (χ0v) is 11.8. The molecule has 0 bridgehead atoms. The van der Waals surface area contributed by atoms with Crippen molar-refractivity contribution >= 4 is 23.5 Å². The maximum atomic E-state index is 12.2. The molecule has 2 aliphatic rings. The second-order valence-electron chi connectivity index (χ2n) is 4.71. The Morgan fingerprint density at radius 2 is 2.15 bits per heavy atom. The van der Waals surface area contributed by atoms with Crippen LogP contribution in [0.15, 0.2) is 30.3 Å². The molecule has 1 amide bonds. The van der Waals surface area contributed by atoms with Gasteiger partial charge in [-0.25, -0.2) is 0 Å². The number of hydrogen-bond donors (Lipinski definition) is 0. The molecule has 2 aliphatic heterocycles. The first kappa shape index (κ1) is 13.5. The fourth-order valence-corrected chi connectivity index (χ4v) is 4.00. The molecule has 0 spiro atoms. The fourth-order valence-electron chi connectivity index (χ4n) is 2.46. The summed E-state index contributed by atoms with van der Waals surface area (Å²) in [6.07, 6.45) is -0.396. The first-order valence-electron chi connectivity index (χ1n) is 6.39. The van der Waals surface area contributed by atoms with E-state index in [0.29, 0.717) is 11.5 Å². The standard InChI is InChI=1S/C14H15NO4S/c1-18-12-13(17)15-10(8-20-14(12)15)11(16)7-19-9-5-3-2-4-6-9/h2-6,10,12,14H,7-8H2,1H3. The third-order valence-corrected chi connectivity index (χ3v) is 4.87.